The maximum absolute atomic E-state index is 13.8. The molecule has 1 heterocycles. The molecule has 1 aliphatic heterocycles. The number of phenolic OH excluding ortho intramolecular Hbond substituents is 2. The van der Waals surface area contributed by atoms with Crippen molar-refractivity contribution in [3.05, 3.63) is 64.1 Å². The molecule has 0 fully saturated rings. The quantitative estimate of drug-likeness (QED) is 0.230. The lowest BCUT2D eigenvalue weighted by atomic mass is 9.70. The summed E-state index contributed by atoms with van der Waals surface area (Å²) in [5.41, 5.74) is -1.36. The Hall–Kier alpha value is -4.27. The van der Waals surface area contributed by atoms with Crippen LogP contribution < -0.4 is 19.5 Å². The first-order valence-corrected chi connectivity index (χ1v) is 11.3. The van der Waals surface area contributed by atoms with Crippen LogP contribution in [0.25, 0.3) is 0 Å². The molecule has 0 bridgehead atoms. The normalized spacial score (nSPS) is 19.6. The number of fused-ring (bicyclic) bond motifs is 3. The Labute approximate surface area is 208 Å². The molecule has 2 aromatic carbocycles. The maximum atomic E-state index is 13.8. The van der Waals surface area contributed by atoms with Crippen LogP contribution in [0.4, 0.5) is 0 Å². The third-order valence-corrected chi connectivity index (χ3v) is 6.58. The van der Waals surface area contributed by atoms with E-state index in [0.29, 0.717) is 23.7 Å². The first kappa shape index (κ1) is 24.8. The summed E-state index contributed by atoms with van der Waals surface area (Å²) in [6, 6.07) is 7.19. The van der Waals surface area contributed by atoms with E-state index in [1.165, 1.54) is 26.8 Å². The van der Waals surface area contributed by atoms with Crippen LogP contribution in [0.15, 0.2) is 47.4 Å². The zero-order valence-corrected chi connectivity index (χ0v) is 20.6. The van der Waals surface area contributed by atoms with Gasteiger partial charge in [0, 0.05) is 23.9 Å². The predicted molar refractivity (Wildman–Crippen MR) is 130 cm³/mol. The minimum absolute atomic E-state index is 0.00800. The number of para-hydroxylation sites is 2. The molecule has 9 nitrogen and oxygen atoms in total. The third-order valence-electron chi connectivity index (χ3n) is 6.58. The van der Waals surface area contributed by atoms with E-state index in [0.717, 1.165) is 0 Å². The zero-order valence-electron chi connectivity index (χ0n) is 20.6. The molecular formula is C27H27NO8. The first-order valence-electron chi connectivity index (χ1n) is 11.3. The van der Waals surface area contributed by atoms with Gasteiger partial charge in [-0.05, 0) is 39.8 Å². The Morgan fingerprint density at radius 3 is 2.42 bits per heavy atom. The number of phenols is 2. The number of benzene rings is 2. The molecule has 1 atom stereocenters. The van der Waals surface area contributed by atoms with Crippen molar-refractivity contribution >= 4 is 17.3 Å². The number of carbonyl (C=O) groups excluding carboxylic acids is 3. The van der Waals surface area contributed by atoms with Crippen LogP contribution in [-0.4, -0.2) is 47.8 Å². The molecule has 0 saturated heterocycles. The fourth-order valence-corrected chi connectivity index (χ4v) is 4.59. The standard InChI is InChI=1S/C27H27NO8/c1-13-23(31)21(15(3)29)25-22(24(13)32)27(4)19(36-25)12-16(30)20(26(27)33)14(2)28-10-11-35-18-9-7-6-8-17(18)34-5/h6-9,12,28,31-32H,10-11H2,1-5H3. The van der Waals surface area contributed by atoms with Gasteiger partial charge < -0.3 is 29.7 Å². The summed E-state index contributed by atoms with van der Waals surface area (Å²) in [4.78, 5) is 39.0. The third kappa shape index (κ3) is 3.67. The predicted octanol–water partition coefficient (Wildman–Crippen LogP) is 3.25. The summed E-state index contributed by atoms with van der Waals surface area (Å²) in [7, 11) is 1.54. The van der Waals surface area contributed by atoms with Crippen LogP contribution in [0.3, 0.4) is 0 Å². The Bertz CT molecular complexity index is 1370. The first-order chi connectivity index (χ1) is 17.0. The van der Waals surface area contributed by atoms with Crippen molar-refractivity contribution < 1.29 is 38.8 Å². The van der Waals surface area contributed by atoms with Crippen LogP contribution >= 0.6 is 0 Å². The van der Waals surface area contributed by atoms with Gasteiger partial charge in [-0.3, -0.25) is 14.4 Å². The fourth-order valence-electron chi connectivity index (χ4n) is 4.59. The molecule has 2 aromatic rings. The van der Waals surface area contributed by atoms with Crippen LogP contribution in [0.1, 0.15) is 42.3 Å². The van der Waals surface area contributed by atoms with E-state index < -0.39 is 28.5 Å². The summed E-state index contributed by atoms with van der Waals surface area (Å²) in [6.45, 7) is 6.34. The van der Waals surface area contributed by atoms with Crippen molar-refractivity contribution in [1.82, 2.24) is 5.32 Å². The number of nitrogens with one attached hydrogen (secondary N) is 1. The van der Waals surface area contributed by atoms with Gasteiger partial charge in [0.05, 0.1) is 18.2 Å². The highest BCUT2D eigenvalue weighted by molar-refractivity contribution is 6.31. The highest BCUT2D eigenvalue weighted by atomic mass is 16.5. The average molecular weight is 494 g/mol. The van der Waals surface area contributed by atoms with E-state index in [9.17, 15) is 24.6 Å². The van der Waals surface area contributed by atoms with Gasteiger partial charge in [-0.2, -0.15) is 0 Å². The van der Waals surface area contributed by atoms with E-state index in [1.54, 1.807) is 26.2 Å². The maximum Gasteiger partial charge on any atom is 0.194 e. The molecule has 0 aromatic heterocycles. The molecule has 4 rings (SSSR count). The number of rotatable bonds is 7. The molecule has 3 N–H and O–H groups in total. The molecule has 0 spiro atoms. The van der Waals surface area contributed by atoms with Crippen molar-refractivity contribution in [2.24, 2.45) is 0 Å². The average Bonchev–Trinajstić information content (AvgIpc) is 3.13. The fraction of sp³-hybridized carbons (Fsp3) is 0.296. The van der Waals surface area contributed by atoms with Crippen molar-refractivity contribution in [3.63, 3.8) is 0 Å². The largest absolute Gasteiger partial charge is 0.507 e. The van der Waals surface area contributed by atoms with E-state index in [-0.39, 0.29) is 46.1 Å². The van der Waals surface area contributed by atoms with E-state index in [2.05, 4.69) is 5.32 Å². The molecule has 0 saturated carbocycles. The van der Waals surface area contributed by atoms with Gasteiger partial charge >= 0.3 is 0 Å². The topological polar surface area (TPSA) is 131 Å². The monoisotopic (exact) mass is 493 g/mol. The Balaban J connectivity index is 1.65. The van der Waals surface area contributed by atoms with Crippen molar-refractivity contribution in [2.45, 2.75) is 33.1 Å². The number of carbonyl (C=O) groups is 3. The number of ether oxygens (including phenoxy) is 3. The molecule has 0 radical (unpaired) electrons. The minimum Gasteiger partial charge on any atom is -0.507 e. The second-order valence-electron chi connectivity index (χ2n) is 8.81. The molecule has 1 unspecified atom stereocenters. The number of allylic oxidation sites excluding steroid dienone is 4. The minimum atomic E-state index is -1.55. The van der Waals surface area contributed by atoms with Crippen LogP contribution in [0, 0.1) is 6.92 Å². The Morgan fingerprint density at radius 1 is 1.11 bits per heavy atom. The van der Waals surface area contributed by atoms with Gasteiger partial charge in [-0.1, -0.05) is 12.1 Å². The number of methoxy groups -OCH3 is 1. The van der Waals surface area contributed by atoms with Gasteiger partial charge in [0.25, 0.3) is 0 Å². The van der Waals surface area contributed by atoms with Crippen LogP contribution in [0.5, 0.6) is 28.7 Å². The van der Waals surface area contributed by atoms with E-state index in [4.69, 9.17) is 14.2 Å². The highest BCUT2D eigenvalue weighted by Crippen LogP contribution is 2.57. The second-order valence-corrected chi connectivity index (χ2v) is 8.81. The molecule has 2 aliphatic rings. The lowest BCUT2D eigenvalue weighted by molar-refractivity contribution is -0.123. The summed E-state index contributed by atoms with van der Waals surface area (Å²) in [5, 5.41) is 24.4. The summed E-state index contributed by atoms with van der Waals surface area (Å²) in [6.07, 6.45) is 1.18. The molecule has 36 heavy (non-hydrogen) atoms. The molecule has 0 amide bonds. The summed E-state index contributed by atoms with van der Waals surface area (Å²) in [5.74, 6) is -1.43. The number of Topliss-reactive ketones (excluding diaryl/α,β-unsaturated/α-hetero) is 2. The lowest BCUT2D eigenvalue weighted by Gasteiger charge is -2.29. The van der Waals surface area contributed by atoms with Gasteiger partial charge in [0.2, 0.25) is 0 Å². The highest BCUT2D eigenvalue weighted by Gasteiger charge is 2.56. The molecule has 1 aliphatic carbocycles. The number of aromatic hydroxyl groups is 2. The van der Waals surface area contributed by atoms with Gasteiger partial charge in [-0.15, -0.1) is 0 Å². The number of hydrogen-bond donors (Lipinski definition) is 3. The van der Waals surface area contributed by atoms with Crippen molar-refractivity contribution in [1.29, 1.82) is 0 Å². The van der Waals surface area contributed by atoms with Gasteiger partial charge in [-0.25, -0.2) is 0 Å². The van der Waals surface area contributed by atoms with Crippen LogP contribution in [-0.2, 0) is 15.0 Å². The number of hydrogen-bond acceptors (Lipinski definition) is 9. The zero-order chi connectivity index (χ0) is 26.4. The molecule has 9 heteroatoms. The molecule has 188 valence electrons. The Kier molecular flexibility index (Phi) is 6.26. The van der Waals surface area contributed by atoms with Crippen molar-refractivity contribution in [3.8, 4) is 28.7 Å². The smallest absolute Gasteiger partial charge is 0.194 e. The lowest BCUT2D eigenvalue weighted by Crippen LogP contribution is -2.41. The van der Waals surface area contributed by atoms with E-state index in [1.807, 2.05) is 12.1 Å². The second kappa shape index (κ2) is 9.07. The van der Waals surface area contributed by atoms with Gasteiger partial charge in [0.15, 0.2) is 28.8 Å². The van der Waals surface area contributed by atoms with E-state index >= 15 is 0 Å². The van der Waals surface area contributed by atoms with Crippen molar-refractivity contribution in [2.75, 3.05) is 20.3 Å². The number of ketones is 3. The molecular weight excluding hydrogens is 466 g/mol. The Morgan fingerprint density at radius 2 is 1.78 bits per heavy atom. The van der Waals surface area contributed by atoms with Gasteiger partial charge in [0.1, 0.15) is 40.6 Å². The summed E-state index contributed by atoms with van der Waals surface area (Å²) >= 11 is 0. The summed E-state index contributed by atoms with van der Waals surface area (Å²) < 4.78 is 16.8. The van der Waals surface area contributed by atoms with Crippen LogP contribution in [0.2, 0.25) is 0 Å². The SMILES string of the molecule is COc1ccccc1OCCNC(C)=C1C(=O)C=C2Oc3c(C(C)=O)c(O)c(C)c(O)c3C2(C)C1=O.